The Hall–Kier alpha value is -7.82. The molecule has 0 N–H and O–H groups in total. The highest BCUT2D eigenvalue weighted by molar-refractivity contribution is 6.11. The maximum Gasteiger partial charge on any atom is 0.0541 e. The van der Waals surface area contributed by atoms with Gasteiger partial charge in [0.2, 0.25) is 0 Å². The lowest BCUT2D eigenvalue weighted by Crippen LogP contribution is -2.10. The van der Waals surface area contributed by atoms with Gasteiger partial charge in [-0.2, -0.15) is 0 Å². The Bertz CT molecular complexity index is 2970. The van der Waals surface area contributed by atoms with E-state index in [2.05, 4.69) is 237 Å². The average molecular weight is 759 g/mol. The highest BCUT2D eigenvalue weighted by Gasteiger charge is 2.18. The molecule has 0 spiro atoms. The number of hydrogen-bond acceptors (Lipinski definition) is 1. The van der Waals surface area contributed by atoms with Gasteiger partial charge in [0.15, 0.2) is 0 Å². The predicted octanol–water partition coefficient (Wildman–Crippen LogP) is 15.3. The van der Waals surface area contributed by atoms with Crippen LogP contribution in [-0.2, 0) is 0 Å². The minimum atomic E-state index is 0. The van der Waals surface area contributed by atoms with E-state index < -0.39 is 0 Å². The highest BCUT2D eigenvalue weighted by Crippen LogP contribution is 2.40. The van der Waals surface area contributed by atoms with Crippen molar-refractivity contribution in [1.29, 1.82) is 0 Å². The summed E-state index contributed by atoms with van der Waals surface area (Å²) in [6.07, 6.45) is 0. The van der Waals surface area contributed by atoms with E-state index >= 15 is 0 Å². The van der Waals surface area contributed by atoms with E-state index in [0.29, 0.717) is 0 Å². The van der Waals surface area contributed by atoms with Crippen LogP contribution in [0.5, 0.6) is 0 Å². The van der Waals surface area contributed by atoms with Crippen molar-refractivity contribution in [2.24, 2.45) is 0 Å². The van der Waals surface area contributed by atoms with Gasteiger partial charge in [-0.3, -0.25) is 0 Å². The molecule has 0 aliphatic heterocycles. The van der Waals surface area contributed by atoms with Gasteiger partial charge >= 0.3 is 0 Å². The fraction of sp³-hybridized carbons (Fsp3) is 0.0182. The topological polar surface area (TPSA) is 18.0 Å². The van der Waals surface area contributed by atoms with Gasteiger partial charge in [-0.15, -0.1) is 0 Å². The molecule has 0 radical (unpaired) electrons. The molecule has 0 aliphatic rings. The molecule has 4 heteroatoms. The Morgan fingerprint density at radius 2 is 0.424 bits per heavy atom. The zero-order chi connectivity index (χ0) is 38.2. The SMILES string of the molecule is C.[HH].c1ccc2c(c1)c1ccccc1n2-c1ccc(N(c2ccc(-n3c4ccccc4c4ccccc43)cc2)c2ccc(-n3c4ccccc4c4ccccc43)cc2)cc1. The van der Waals surface area contributed by atoms with Crippen molar-refractivity contribution in [3.63, 3.8) is 0 Å². The van der Waals surface area contributed by atoms with Gasteiger partial charge in [-0.05, 0) is 109 Å². The van der Waals surface area contributed by atoms with Crippen LogP contribution in [0, 0.1) is 0 Å². The summed E-state index contributed by atoms with van der Waals surface area (Å²) in [6.45, 7) is 0. The van der Waals surface area contributed by atoms with Gasteiger partial charge in [0.05, 0.1) is 33.1 Å². The summed E-state index contributed by atoms with van der Waals surface area (Å²) in [5.41, 5.74) is 13.9. The molecule has 0 amide bonds. The summed E-state index contributed by atoms with van der Waals surface area (Å²) < 4.78 is 7.12. The van der Waals surface area contributed by atoms with Gasteiger partial charge in [-0.1, -0.05) is 117 Å². The van der Waals surface area contributed by atoms with Crippen molar-refractivity contribution in [3.05, 3.63) is 218 Å². The second-order valence-electron chi connectivity index (χ2n) is 15.0. The van der Waals surface area contributed by atoms with E-state index in [-0.39, 0.29) is 8.85 Å². The lowest BCUT2D eigenvalue weighted by Gasteiger charge is -2.26. The number of rotatable bonds is 6. The summed E-state index contributed by atoms with van der Waals surface area (Å²) in [5, 5.41) is 7.56. The van der Waals surface area contributed by atoms with Crippen molar-refractivity contribution in [2.75, 3.05) is 4.90 Å². The molecule has 0 fully saturated rings. The van der Waals surface area contributed by atoms with Gasteiger partial charge in [-0.25, -0.2) is 0 Å². The molecule has 59 heavy (non-hydrogen) atoms. The van der Waals surface area contributed by atoms with Crippen LogP contribution in [0.2, 0.25) is 0 Å². The van der Waals surface area contributed by atoms with Crippen LogP contribution in [0.3, 0.4) is 0 Å². The molecular weight excluding hydrogens is 717 g/mol. The summed E-state index contributed by atoms with van der Waals surface area (Å²) in [4.78, 5) is 2.36. The summed E-state index contributed by atoms with van der Waals surface area (Å²) in [5.74, 6) is 0. The first-order valence-corrected chi connectivity index (χ1v) is 19.9. The molecule has 0 saturated carbocycles. The van der Waals surface area contributed by atoms with Crippen molar-refractivity contribution in [3.8, 4) is 17.1 Å². The minimum Gasteiger partial charge on any atom is -0.310 e. The van der Waals surface area contributed by atoms with Crippen molar-refractivity contribution in [2.45, 2.75) is 7.43 Å². The normalized spacial score (nSPS) is 11.6. The molecule has 0 bridgehead atoms. The summed E-state index contributed by atoms with van der Waals surface area (Å²) >= 11 is 0. The fourth-order valence-electron chi connectivity index (χ4n) is 9.30. The van der Waals surface area contributed by atoms with E-state index in [1.54, 1.807) is 0 Å². The Balaban J connectivity index is 0.00000216. The van der Waals surface area contributed by atoms with Gasteiger partial charge in [0, 0.05) is 67.9 Å². The van der Waals surface area contributed by atoms with Crippen LogP contribution in [0.25, 0.3) is 82.5 Å². The number of hydrogen-bond donors (Lipinski definition) is 0. The summed E-state index contributed by atoms with van der Waals surface area (Å²) in [7, 11) is 0. The number of anilines is 3. The number of benzene rings is 9. The fourth-order valence-corrected chi connectivity index (χ4v) is 9.30. The third kappa shape index (κ3) is 5.30. The van der Waals surface area contributed by atoms with Gasteiger partial charge < -0.3 is 18.6 Å². The number of nitrogens with zero attached hydrogens (tertiary/aromatic N) is 4. The first-order valence-electron chi connectivity index (χ1n) is 19.9. The third-order valence-electron chi connectivity index (χ3n) is 11.8. The molecule has 0 saturated heterocycles. The summed E-state index contributed by atoms with van der Waals surface area (Å²) in [6, 6.07) is 79.1. The number of aromatic nitrogens is 3. The Kier molecular flexibility index (Phi) is 7.99. The lowest BCUT2D eigenvalue weighted by atomic mass is 10.1. The first-order chi connectivity index (χ1) is 28.8. The predicted molar refractivity (Wildman–Crippen MR) is 253 cm³/mol. The third-order valence-corrected chi connectivity index (χ3v) is 11.8. The quantitative estimate of drug-likeness (QED) is 0.165. The molecule has 3 aromatic heterocycles. The molecular formula is C55H42N4. The molecule has 0 aliphatic carbocycles. The number of para-hydroxylation sites is 6. The standard InChI is InChI=1S/C54H36N4.CH4.H2/c1-7-19-49-43(13-1)44-14-2-8-20-50(44)56(49)40-31-25-37(26-32-40)55(38-27-33-41(34-28-38)57-51-21-9-3-15-45(51)46-16-4-10-22-52(46)57)39-29-35-42(36-30-39)58-53-23-11-5-17-47(53)48-18-6-12-24-54(48)58;;/h1-36H;1H4;1H. The maximum atomic E-state index is 2.37. The maximum absolute atomic E-state index is 2.37. The molecule has 12 aromatic rings. The zero-order valence-corrected chi connectivity index (χ0v) is 31.6. The van der Waals surface area contributed by atoms with Crippen molar-refractivity contribution < 1.29 is 1.43 Å². The molecule has 282 valence electrons. The smallest absolute Gasteiger partial charge is 0.0541 e. The zero-order valence-electron chi connectivity index (χ0n) is 31.6. The van der Waals surface area contributed by atoms with Crippen LogP contribution in [0.4, 0.5) is 17.1 Å². The van der Waals surface area contributed by atoms with E-state index in [1.807, 2.05) is 0 Å². The molecule has 9 aromatic carbocycles. The van der Waals surface area contributed by atoms with Crippen LogP contribution in [-0.4, -0.2) is 13.7 Å². The van der Waals surface area contributed by atoms with Gasteiger partial charge in [0.25, 0.3) is 0 Å². The lowest BCUT2D eigenvalue weighted by molar-refractivity contribution is 1.16. The number of fused-ring (bicyclic) bond motifs is 9. The Labute approximate surface area is 344 Å². The van der Waals surface area contributed by atoms with Crippen LogP contribution >= 0.6 is 0 Å². The molecule has 0 atom stereocenters. The highest BCUT2D eigenvalue weighted by atomic mass is 15.1. The van der Waals surface area contributed by atoms with E-state index in [0.717, 1.165) is 34.1 Å². The first kappa shape index (κ1) is 34.4. The second kappa shape index (κ2) is 13.7. The average Bonchev–Trinajstić information content (AvgIpc) is 3.93. The minimum absolute atomic E-state index is 0. The van der Waals surface area contributed by atoms with E-state index in [1.165, 1.54) is 65.4 Å². The van der Waals surface area contributed by atoms with Crippen LogP contribution in [0.1, 0.15) is 8.85 Å². The molecule has 12 rings (SSSR count). The largest absolute Gasteiger partial charge is 0.310 e. The monoisotopic (exact) mass is 758 g/mol. The Morgan fingerprint density at radius 3 is 0.627 bits per heavy atom. The van der Waals surface area contributed by atoms with Gasteiger partial charge in [0.1, 0.15) is 0 Å². The molecule has 3 heterocycles. The van der Waals surface area contributed by atoms with E-state index in [4.69, 9.17) is 0 Å². The molecule has 0 unspecified atom stereocenters. The van der Waals surface area contributed by atoms with E-state index in [9.17, 15) is 0 Å². The van der Waals surface area contributed by atoms with Crippen LogP contribution in [0.15, 0.2) is 218 Å². The van der Waals surface area contributed by atoms with Crippen molar-refractivity contribution >= 4 is 82.5 Å². The Morgan fingerprint density at radius 1 is 0.237 bits per heavy atom. The van der Waals surface area contributed by atoms with Crippen molar-refractivity contribution in [1.82, 2.24) is 13.7 Å². The second-order valence-corrected chi connectivity index (χ2v) is 15.0. The molecule has 4 nitrogen and oxygen atoms in total. The van der Waals surface area contributed by atoms with Crippen LogP contribution < -0.4 is 4.90 Å².